The zero-order chi connectivity index (χ0) is 12.0. The summed E-state index contributed by atoms with van der Waals surface area (Å²) in [6.07, 6.45) is 0.983. The summed E-state index contributed by atoms with van der Waals surface area (Å²) in [6.45, 7) is 0.838. The molecular weight excluding hydrogens is 246 g/mol. The van der Waals surface area contributed by atoms with Crippen LogP contribution in [0.2, 0.25) is 5.02 Å². The van der Waals surface area contributed by atoms with Crippen molar-refractivity contribution in [1.29, 1.82) is 0 Å². The van der Waals surface area contributed by atoms with Crippen LogP contribution in [0.3, 0.4) is 0 Å². The van der Waals surface area contributed by atoms with Gasteiger partial charge in [0.05, 0.1) is 24.9 Å². The Morgan fingerprint density at radius 2 is 1.94 bits per heavy atom. The molecule has 1 aromatic rings. The number of benzene rings is 1. The third-order valence-electron chi connectivity index (χ3n) is 2.12. The Morgan fingerprint density at radius 1 is 1.25 bits per heavy atom. The van der Waals surface area contributed by atoms with Gasteiger partial charge in [-0.05, 0) is 12.2 Å². The summed E-state index contributed by atoms with van der Waals surface area (Å²) in [5, 5.41) is 3.80. The van der Waals surface area contributed by atoms with Crippen LogP contribution in [0.4, 0.5) is 5.69 Å². The van der Waals surface area contributed by atoms with Crippen LogP contribution >= 0.6 is 24.2 Å². The van der Waals surface area contributed by atoms with Gasteiger partial charge in [-0.25, -0.2) is 0 Å². The number of ether oxygens (including phenoxy) is 2. The molecule has 0 fully saturated rings. The van der Waals surface area contributed by atoms with Gasteiger partial charge in [-0.1, -0.05) is 11.6 Å². The van der Waals surface area contributed by atoms with Gasteiger partial charge in [0.1, 0.15) is 11.5 Å². The van der Waals surface area contributed by atoms with Gasteiger partial charge in [-0.15, -0.1) is 0 Å². The minimum atomic E-state index is 0.541. The maximum Gasteiger partial charge on any atom is 0.143 e. The molecule has 16 heavy (non-hydrogen) atoms. The first kappa shape index (κ1) is 13.3. The van der Waals surface area contributed by atoms with Crippen LogP contribution < -0.4 is 14.8 Å². The van der Waals surface area contributed by atoms with Crippen molar-refractivity contribution in [1.82, 2.24) is 0 Å². The fourth-order valence-electron chi connectivity index (χ4n) is 1.30. The van der Waals surface area contributed by atoms with E-state index in [1.807, 2.05) is 6.07 Å². The monoisotopic (exact) mass is 261 g/mol. The van der Waals surface area contributed by atoms with E-state index in [1.54, 1.807) is 20.3 Å². The second-order valence-corrected chi connectivity index (χ2v) is 4.05. The summed E-state index contributed by atoms with van der Waals surface area (Å²) in [6, 6.07) is 3.57. The zero-order valence-electron chi connectivity index (χ0n) is 9.42. The van der Waals surface area contributed by atoms with E-state index in [0.717, 1.165) is 24.4 Å². The van der Waals surface area contributed by atoms with Crippen molar-refractivity contribution in [3.05, 3.63) is 17.2 Å². The molecule has 1 N–H and O–H groups in total. The van der Waals surface area contributed by atoms with Gasteiger partial charge < -0.3 is 14.8 Å². The fourth-order valence-corrected chi connectivity index (χ4v) is 1.69. The molecule has 0 aliphatic carbocycles. The molecule has 0 saturated heterocycles. The van der Waals surface area contributed by atoms with Crippen LogP contribution in [0, 0.1) is 0 Å². The molecule has 0 amide bonds. The molecule has 0 bridgehead atoms. The van der Waals surface area contributed by atoms with Crippen molar-refractivity contribution < 1.29 is 9.47 Å². The lowest BCUT2D eigenvalue weighted by molar-refractivity contribution is 0.404. The molecule has 0 saturated carbocycles. The maximum absolute atomic E-state index is 6.00. The molecule has 0 spiro atoms. The number of hydrogen-bond acceptors (Lipinski definition) is 4. The Bertz CT molecular complexity index is 347. The minimum Gasteiger partial charge on any atom is -0.495 e. The van der Waals surface area contributed by atoms with Crippen molar-refractivity contribution in [3.8, 4) is 11.5 Å². The summed E-state index contributed by atoms with van der Waals surface area (Å²) in [5.74, 6) is 2.20. The van der Waals surface area contributed by atoms with E-state index in [9.17, 15) is 0 Å². The van der Waals surface area contributed by atoms with Gasteiger partial charge in [-0.3, -0.25) is 0 Å². The summed E-state index contributed by atoms with van der Waals surface area (Å²) >= 11 is 10.2. The summed E-state index contributed by atoms with van der Waals surface area (Å²) in [4.78, 5) is 0. The van der Waals surface area contributed by atoms with Crippen LogP contribution in [0.25, 0.3) is 0 Å². The molecule has 0 heterocycles. The number of nitrogens with one attached hydrogen (secondary N) is 1. The second kappa shape index (κ2) is 6.76. The lowest BCUT2D eigenvalue weighted by atomic mass is 10.2. The molecule has 90 valence electrons. The molecule has 0 atom stereocenters. The fraction of sp³-hybridized carbons (Fsp3) is 0.455. The van der Waals surface area contributed by atoms with Crippen molar-refractivity contribution in [2.24, 2.45) is 0 Å². The number of thiol groups is 1. The number of anilines is 1. The summed E-state index contributed by atoms with van der Waals surface area (Å²) < 4.78 is 10.4. The largest absolute Gasteiger partial charge is 0.495 e. The Labute approximate surface area is 106 Å². The predicted octanol–water partition coefficient (Wildman–Crippen LogP) is 3.09. The average Bonchev–Trinajstić information content (AvgIpc) is 2.30. The molecule has 0 aliphatic heterocycles. The van der Waals surface area contributed by atoms with Gasteiger partial charge in [0, 0.05) is 18.7 Å². The number of methoxy groups -OCH3 is 2. The highest BCUT2D eigenvalue weighted by atomic mass is 35.5. The third-order valence-corrected chi connectivity index (χ3v) is 2.74. The molecule has 3 nitrogen and oxygen atoms in total. The van der Waals surface area contributed by atoms with Crippen LogP contribution in [0.1, 0.15) is 6.42 Å². The molecule has 1 aromatic carbocycles. The Morgan fingerprint density at radius 3 is 2.50 bits per heavy atom. The van der Waals surface area contributed by atoms with E-state index in [4.69, 9.17) is 21.1 Å². The minimum absolute atomic E-state index is 0.541. The number of hydrogen-bond donors (Lipinski definition) is 2. The molecule has 0 aliphatic rings. The van der Waals surface area contributed by atoms with Gasteiger partial charge in [-0.2, -0.15) is 12.6 Å². The van der Waals surface area contributed by atoms with Crippen LogP contribution in [0.5, 0.6) is 11.5 Å². The second-order valence-electron chi connectivity index (χ2n) is 3.19. The van der Waals surface area contributed by atoms with E-state index >= 15 is 0 Å². The van der Waals surface area contributed by atoms with Gasteiger partial charge >= 0.3 is 0 Å². The zero-order valence-corrected chi connectivity index (χ0v) is 11.1. The topological polar surface area (TPSA) is 30.5 Å². The normalized spacial score (nSPS) is 10.0. The Kier molecular flexibility index (Phi) is 5.63. The van der Waals surface area contributed by atoms with Crippen molar-refractivity contribution >= 4 is 29.9 Å². The Hall–Kier alpha value is -0.740. The molecule has 0 radical (unpaired) electrons. The van der Waals surface area contributed by atoms with E-state index in [0.29, 0.717) is 16.5 Å². The van der Waals surface area contributed by atoms with Gasteiger partial charge in [0.2, 0.25) is 0 Å². The highest BCUT2D eigenvalue weighted by molar-refractivity contribution is 7.80. The lowest BCUT2D eigenvalue weighted by Crippen LogP contribution is -2.04. The first-order valence-corrected chi connectivity index (χ1v) is 6.00. The average molecular weight is 262 g/mol. The lowest BCUT2D eigenvalue weighted by Gasteiger charge is -2.13. The van der Waals surface area contributed by atoms with Crippen molar-refractivity contribution in [2.45, 2.75) is 6.42 Å². The van der Waals surface area contributed by atoms with E-state index in [-0.39, 0.29) is 0 Å². The predicted molar refractivity (Wildman–Crippen MR) is 71.5 cm³/mol. The number of rotatable bonds is 6. The van der Waals surface area contributed by atoms with Crippen LogP contribution in [0.15, 0.2) is 12.1 Å². The maximum atomic E-state index is 6.00. The highest BCUT2D eigenvalue weighted by Gasteiger charge is 2.08. The first-order valence-electron chi connectivity index (χ1n) is 4.99. The first-order chi connectivity index (χ1) is 7.72. The quantitative estimate of drug-likeness (QED) is 0.609. The standard InChI is InChI=1S/C11H16ClNO2S/c1-14-10-7-9(13-4-3-5-16)11(15-2)6-8(10)12/h6-7,13,16H,3-5H2,1-2H3. The molecule has 0 unspecified atom stereocenters. The highest BCUT2D eigenvalue weighted by Crippen LogP contribution is 2.35. The Balaban J connectivity index is 2.86. The molecule has 1 rings (SSSR count). The van der Waals surface area contributed by atoms with Crippen LogP contribution in [-0.4, -0.2) is 26.5 Å². The molecule has 0 aromatic heterocycles. The molecule has 5 heteroatoms. The van der Waals surface area contributed by atoms with E-state index < -0.39 is 0 Å². The SMILES string of the molecule is COc1cc(NCCCS)c(OC)cc1Cl. The number of halogens is 1. The van der Waals surface area contributed by atoms with Gasteiger partial charge in [0.15, 0.2) is 0 Å². The van der Waals surface area contributed by atoms with Crippen molar-refractivity contribution in [2.75, 3.05) is 31.8 Å². The van der Waals surface area contributed by atoms with E-state index in [1.165, 1.54) is 0 Å². The summed E-state index contributed by atoms with van der Waals surface area (Å²) in [7, 11) is 3.20. The third kappa shape index (κ3) is 3.39. The van der Waals surface area contributed by atoms with Crippen molar-refractivity contribution in [3.63, 3.8) is 0 Å². The summed E-state index contributed by atoms with van der Waals surface area (Å²) in [5.41, 5.74) is 0.880. The van der Waals surface area contributed by atoms with E-state index in [2.05, 4.69) is 17.9 Å². The smallest absolute Gasteiger partial charge is 0.143 e. The van der Waals surface area contributed by atoms with Gasteiger partial charge in [0.25, 0.3) is 0 Å². The van der Waals surface area contributed by atoms with Crippen LogP contribution in [-0.2, 0) is 0 Å². The molecular formula is C11H16ClNO2S.